The van der Waals surface area contributed by atoms with Crippen LogP contribution in [0.15, 0.2) is 12.4 Å². The summed E-state index contributed by atoms with van der Waals surface area (Å²) in [4.78, 5) is 0. The minimum atomic E-state index is 1.23. The van der Waals surface area contributed by atoms with Gasteiger partial charge in [0.15, 0.2) is 0 Å². The minimum absolute atomic E-state index is 1.23. The van der Waals surface area contributed by atoms with Crippen LogP contribution in [0.4, 0.5) is 0 Å². The summed E-state index contributed by atoms with van der Waals surface area (Å²) in [5, 5.41) is 0. The van der Waals surface area contributed by atoms with Crippen molar-refractivity contribution in [1.29, 1.82) is 0 Å². The lowest BCUT2D eigenvalue weighted by molar-refractivity contribution is -0.704. The van der Waals surface area contributed by atoms with Crippen molar-refractivity contribution in [3.63, 3.8) is 0 Å². The number of aromatic nitrogens is 2. The molecule has 0 radical (unpaired) electrons. The highest BCUT2D eigenvalue weighted by Crippen LogP contribution is 2.15. The van der Waals surface area contributed by atoms with Crippen molar-refractivity contribution >= 4 is 0 Å². The molecule has 1 aromatic heterocycles. The second kappa shape index (κ2) is 29.7. The molecule has 0 aliphatic rings. The van der Waals surface area contributed by atoms with Crippen molar-refractivity contribution in [1.82, 2.24) is 4.57 Å². The summed E-state index contributed by atoms with van der Waals surface area (Å²) in [7, 11) is 0. The van der Waals surface area contributed by atoms with Crippen LogP contribution < -0.4 is 4.57 Å². The van der Waals surface area contributed by atoms with Gasteiger partial charge >= 0.3 is 0 Å². The molecule has 0 saturated carbocycles. The zero-order valence-corrected chi connectivity index (χ0v) is 28.2. The van der Waals surface area contributed by atoms with Gasteiger partial charge in [-0.3, -0.25) is 0 Å². The molecule has 2 nitrogen and oxygen atoms in total. The molecule has 0 amide bonds. The number of nitrogens with zero attached hydrogens (tertiary/aromatic N) is 2. The molecule has 0 N–H and O–H groups in total. The van der Waals surface area contributed by atoms with Gasteiger partial charge in [-0.05, 0) is 32.1 Å². The highest BCUT2D eigenvalue weighted by Gasteiger charge is 2.16. The summed E-state index contributed by atoms with van der Waals surface area (Å²) in [6.07, 6.45) is 47.4. The number of hydrogen-bond acceptors (Lipinski definition) is 0. The van der Waals surface area contributed by atoms with Crippen molar-refractivity contribution in [2.45, 2.75) is 226 Å². The van der Waals surface area contributed by atoms with Crippen molar-refractivity contribution < 1.29 is 4.57 Å². The third kappa shape index (κ3) is 21.9. The first kappa shape index (κ1) is 37.2. The standard InChI is InChI=1S/C38H75N2/c1-4-7-10-13-16-18-20-21-23-26-29-32-35-40-37-36-39(38(40)33-30-27-24-15-12-9-6-3)34-31-28-25-22-19-17-14-11-8-5-2/h36-37H,4-35H2,1-3H3/q+1. The maximum absolute atomic E-state index is 2.63. The third-order valence-electron chi connectivity index (χ3n) is 9.10. The van der Waals surface area contributed by atoms with E-state index in [9.17, 15) is 0 Å². The molecule has 0 unspecified atom stereocenters. The van der Waals surface area contributed by atoms with E-state index in [0.29, 0.717) is 0 Å². The minimum Gasteiger partial charge on any atom is -0.234 e. The van der Waals surface area contributed by atoms with Crippen LogP contribution >= 0.6 is 0 Å². The molecule has 0 spiro atoms. The fourth-order valence-corrected chi connectivity index (χ4v) is 6.33. The second-order valence-electron chi connectivity index (χ2n) is 13.0. The molecular formula is C38H75N2+. The molecule has 2 heteroatoms. The van der Waals surface area contributed by atoms with Crippen molar-refractivity contribution in [2.75, 3.05) is 0 Å². The summed E-state index contributed by atoms with van der Waals surface area (Å²) >= 11 is 0. The Morgan fingerprint density at radius 1 is 0.425 bits per heavy atom. The fraction of sp³-hybridized carbons (Fsp3) is 0.921. The predicted molar refractivity (Wildman–Crippen MR) is 179 cm³/mol. The Labute approximate surface area is 253 Å². The van der Waals surface area contributed by atoms with Crippen LogP contribution in [0.5, 0.6) is 0 Å². The fourth-order valence-electron chi connectivity index (χ4n) is 6.33. The number of imidazole rings is 1. The monoisotopic (exact) mass is 560 g/mol. The first-order valence-corrected chi connectivity index (χ1v) is 18.9. The summed E-state index contributed by atoms with van der Waals surface area (Å²) in [5.41, 5.74) is 0. The molecule has 0 fully saturated rings. The number of unbranched alkanes of at least 4 members (excludes halogenated alkanes) is 26. The molecule has 0 aromatic carbocycles. The van der Waals surface area contributed by atoms with Gasteiger partial charge < -0.3 is 0 Å². The van der Waals surface area contributed by atoms with Gasteiger partial charge in [0.05, 0.1) is 13.1 Å². The van der Waals surface area contributed by atoms with Gasteiger partial charge in [-0.1, -0.05) is 175 Å². The van der Waals surface area contributed by atoms with E-state index in [4.69, 9.17) is 0 Å². The summed E-state index contributed by atoms with van der Waals surface area (Å²) in [6.45, 7) is 9.40. The van der Waals surface area contributed by atoms with Gasteiger partial charge in [0, 0.05) is 6.42 Å². The molecule has 1 heterocycles. The molecule has 0 aliphatic carbocycles. The van der Waals surface area contributed by atoms with E-state index in [1.807, 2.05) is 0 Å². The van der Waals surface area contributed by atoms with E-state index in [1.165, 1.54) is 206 Å². The Bertz CT molecular complexity index is 619. The number of hydrogen-bond donors (Lipinski definition) is 0. The summed E-state index contributed by atoms with van der Waals surface area (Å²) < 4.78 is 5.26. The van der Waals surface area contributed by atoms with Crippen molar-refractivity contribution in [2.24, 2.45) is 0 Å². The largest absolute Gasteiger partial charge is 0.256 e. The first-order valence-electron chi connectivity index (χ1n) is 18.9. The molecule has 0 aliphatic heterocycles. The smallest absolute Gasteiger partial charge is 0.234 e. The lowest BCUT2D eigenvalue weighted by Crippen LogP contribution is -2.37. The Kier molecular flexibility index (Phi) is 27.6. The first-order chi connectivity index (χ1) is 19.8. The van der Waals surface area contributed by atoms with Gasteiger partial charge in [-0.15, -0.1) is 0 Å². The molecule has 1 aromatic rings. The molecular weight excluding hydrogens is 484 g/mol. The van der Waals surface area contributed by atoms with E-state index in [1.54, 1.807) is 5.82 Å². The van der Waals surface area contributed by atoms with Gasteiger partial charge in [0.25, 0.3) is 5.82 Å². The van der Waals surface area contributed by atoms with Crippen LogP contribution in [-0.2, 0) is 19.5 Å². The topological polar surface area (TPSA) is 8.81 Å². The quantitative estimate of drug-likeness (QED) is 0.0613. The Hall–Kier alpha value is -0.790. The maximum Gasteiger partial charge on any atom is 0.256 e. The van der Waals surface area contributed by atoms with Crippen LogP contribution in [-0.4, -0.2) is 4.57 Å². The van der Waals surface area contributed by atoms with Crippen LogP contribution in [0.25, 0.3) is 0 Å². The van der Waals surface area contributed by atoms with E-state index in [2.05, 4.69) is 42.3 Å². The lowest BCUT2D eigenvalue weighted by atomic mass is 10.1. The van der Waals surface area contributed by atoms with Crippen molar-refractivity contribution in [3.05, 3.63) is 18.2 Å². The Balaban J connectivity index is 2.29. The number of rotatable bonds is 32. The van der Waals surface area contributed by atoms with Crippen LogP contribution in [0.2, 0.25) is 0 Å². The van der Waals surface area contributed by atoms with Gasteiger partial charge in [-0.2, -0.15) is 0 Å². The molecule has 40 heavy (non-hydrogen) atoms. The van der Waals surface area contributed by atoms with E-state index in [-0.39, 0.29) is 0 Å². The second-order valence-corrected chi connectivity index (χ2v) is 13.0. The molecule has 0 atom stereocenters. The summed E-state index contributed by atoms with van der Waals surface area (Å²) in [5.74, 6) is 1.62. The van der Waals surface area contributed by atoms with Crippen LogP contribution in [0, 0.1) is 0 Å². The predicted octanol–water partition coefficient (Wildman–Crippen LogP) is 12.7. The molecule has 0 saturated heterocycles. The highest BCUT2D eigenvalue weighted by molar-refractivity contribution is 4.84. The van der Waals surface area contributed by atoms with Crippen molar-refractivity contribution in [3.8, 4) is 0 Å². The van der Waals surface area contributed by atoms with Crippen LogP contribution in [0.1, 0.15) is 213 Å². The molecule has 236 valence electrons. The maximum atomic E-state index is 2.63. The normalized spacial score (nSPS) is 11.6. The zero-order chi connectivity index (χ0) is 28.8. The molecule has 1 rings (SSSR count). The van der Waals surface area contributed by atoms with E-state index >= 15 is 0 Å². The highest BCUT2D eigenvalue weighted by atomic mass is 15.1. The average molecular weight is 560 g/mol. The number of aryl methyl sites for hydroxylation is 2. The van der Waals surface area contributed by atoms with Gasteiger partial charge in [0.1, 0.15) is 12.4 Å². The van der Waals surface area contributed by atoms with E-state index < -0.39 is 0 Å². The van der Waals surface area contributed by atoms with Gasteiger partial charge in [0.2, 0.25) is 0 Å². The Morgan fingerprint density at radius 3 is 1.20 bits per heavy atom. The third-order valence-corrected chi connectivity index (χ3v) is 9.10. The lowest BCUT2D eigenvalue weighted by Gasteiger charge is -2.07. The molecule has 0 bridgehead atoms. The van der Waals surface area contributed by atoms with E-state index in [0.717, 1.165) is 0 Å². The Morgan fingerprint density at radius 2 is 0.775 bits per heavy atom. The van der Waals surface area contributed by atoms with Crippen LogP contribution in [0.3, 0.4) is 0 Å². The SMILES string of the molecule is CCCCCCCCCCCCCC[n+]1ccn(CCCCCCCCCCCC)c1CCCCCCCCC. The average Bonchev–Trinajstić information content (AvgIpc) is 3.35. The summed E-state index contributed by atoms with van der Waals surface area (Å²) in [6, 6.07) is 0. The zero-order valence-electron chi connectivity index (χ0n) is 28.2. The van der Waals surface area contributed by atoms with Gasteiger partial charge in [-0.25, -0.2) is 9.13 Å².